The van der Waals surface area contributed by atoms with Gasteiger partial charge in [-0.15, -0.1) is 0 Å². The SMILES string of the molecule is CCCCCCCC/C=C/CCCCCCCCCC(=O)OC(CCC/C=C\CCCCCCCCC)CC(=O)NC(CO)C(O)CCCCCCCCCCCCCC. The van der Waals surface area contributed by atoms with Gasteiger partial charge in [0.25, 0.3) is 0 Å². The van der Waals surface area contributed by atoms with Gasteiger partial charge in [0, 0.05) is 6.42 Å². The highest BCUT2D eigenvalue weighted by atomic mass is 16.5. The maximum atomic E-state index is 13.2. The number of amides is 1. The molecule has 0 aliphatic rings. The first-order valence-electron chi connectivity index (χ1n) is 26.6. The van der Waals surface area contributed by atoms with Crippen molar-refractivity contribution in [2.45, 2.75) is 302 Å². The molecule has 0 fully saturated rings. The Kier molecular flexibility index (Phi) is 47.0. The van der Waals surface area contributed by atoms with Gasteiger partial charge >= 0.3 is 5.97 Å². The van der Waals surface area contributed by atoms with Gasteiger partial charge in [-0.05, 0) is 70.6 Å². The monoisotopic (exact) mass is 846 g/mol. The molecule has 0 radical (unpaired) electrons. The molecule has 0 aliphatic heterocycles. The Labute approximate surface area is 373 Å². The number of carbonyl (C=O) groups excluding carboxylic acids is 2. The highest BCUT2D eigenvalue weighted by molar-refractivity contribution is 5.77. The van der Waals surface area contributed by atoms with Crippen LogP contribution in [0.2, 0.25) is 0 Å². The zero-order valence-corrected chi connectivity index (χ0v) is 40.4. The van der Waals surface area contributed by atoms with Crippen LogP contribution in [0.3, 0.4) is 0 Å². The van der Waals surface area contributed by atoms with Crippen molar-refractivity contribution in [2.24, 2.45) is 0 Å². The van der Waals surface area contributed by atoms with E-state index in [1.54, 1.807) is 0 Å². The second kappa shape index (κ2) is 48.4. The quantitative estimate of drug-likeness (QED) is 0.0322. The van der Waals surface area contributed by atoms with Crippen molar-refractivity contribution in [2.75, 3.05) is 6.61 Å². The molecule has 1 amide bonds. The molecule has 0 aliphatic carbocycles. The highest BCUT2D eigenvalue weighted by Gasteiger charge is 2.24. The number of esters is 1. The van der Waals surface area contributed by atoms with Crippen LogP contribution in [0, 0.1) is 0 Å². The molecule has 0 saturated carbocycles. The predicted octanol–water partition coefficient (Wildman–Crippen LogP) is 15.9. The summed E-state index contributed by atoms with van der Waals surface area (Å²) >= 11 is 0. The van der Waals surface area contributed by atoms with E-state index in [0.29, 0.717) is 19.3 Å². The largest absolute Gasteiger partial charge is 0.462 e. The molecular weight excluding hydrogens is 743 g/mol. The van der Waals surface area contributed by atoms with E-state index < -0.39 is 18.2 Å². The van der Waals surface area contributed by atoms with Crippen LogP contribution in [-0.2, 0) is 14.3 Å². The summed E-state index contributed by atoms with van der Waals surface area (Å²) in [4.78, 5) is 26.1. The van der Waals surface area contributed by atoms with Gasteiger partial charge < -0.3 is 20.3 Å². The summed E-state index contributed by atoms with van der Waals surface area (Å²) in [5.74, 6) is -0.496. The fourth-order valence-electron chi connectivity index (χ4n) is 8.19. The molecule has 0 bridgehead atoms. The van der Waals surface area contributed by atoms with Crippen molar-refractivity contribution in [1.29, 1.82) is 0 Å². The zero-order chi connectivity index (χ0) is 43.8. The number of aliphatic hydroxyl groups is 2. The van der Waals surface area contributed by atoms with Gasteiger partial charge in [0.05, 0.1) is 25.2 Å². The average molecular weight is 846 g/mol. The summed E-state index contributed by atoms with van der Waals surface area (Å²) < 4.78 is 5.92. The molecule has 0 rings (SSSR count). The van der Waals surface area contributed by atoms with Gasteiger partial charge in [-0.1, -0.05) is 225 Å². The van der Waals surface area contributed by atoms with Crippen LogP contribution < -0.4 is 5.32 Å². The molecule has 6 nitrogen and oxygen atoms in total. The van der Waals surface area contributed by atoms with E-state index in [4.69, 9.17) is 4.74 Å². The lowest BCUT2D eigenvalue weighted by atomic mass is 10.0. The second-order valence-electron chi connectivity index (χ2n) is 18.3. The molecule has 6 heteroatoms. The Hall–Kier alpha value is -1.66. The molecule has 0 saturated heterocycles. The Morgan fingerprint density at radius 3 is 1.22 bits per heavy atom. The third-order valence-corrected chi connectivity index (χ3v) is 12.3. The Balaban J connectivity index is 4.54. The van der Waals surface area contributed by atoms with Crippen molar-refractivity contribution in [1.82, 2.24) is 5.32 Å². The molecule has 0 aromatic heterocycles. The minimum absolute atomic E-state index is 0.0591. The summed E-state index contributed by atoms with van der Waals surface area (Å²) in [6, 6.07) is -0.706. The smallest absolute Gasteiger partial charge is 0.306 e. The van der Waals surface area contributed by atoms with E-state index in [2.05, 4.69) is 50.4 Å². The molecular formula is C54H103NO5. The predicted molar refractivity (Wildman–Crippen MR) is 260 cm³/mol. The Morgan fingerprint density at radius 1 is 0.467 bits per heavy atom. The van der Waals surface area contributed by atoms with Crippen LogP contribution in [0.5, 0.6) is 0 Å². The van der Waals surface area contributed by atoms with Crippen molar-refractivity contribution in [3.8, 4) is 0 Å². The Bertz CT molecular complexity index is 950. The molecule has 354 valence electrons. The third-order valence-electron chi connectivity index (χ3n) is 12.3. The number of allylic oxidation sites excluding steroid dienone is 4. The molecule has 3 atom stereocenters. The van der Waals surface area contributed by atoms with E-state index in [0.717, 1.165) is 57.8 Å². The number of aliphatic hydroxyl groups excluding tert-OH is 2. The minimum atomic E-state index is -0.791. The van der Waals surface area contributed by atoms with Crippen molar-refractivity contribution < 1.29 is 24.5 Å². The van der Waals surface area contributed by atoms with Gasteiger partial charge in [0.1, 0.15) is 6.10 Å². The molecule has 60 heavy (non-hydrogen) atoms. The average Bonchev–Trinajstić information content (AvgIpc) is 3.24. The van der Waals surface area contributed by atoms with E-state index in [1.807, 2.05) is 0 Å². The number of hydrogen-bond donors (Lipinski definition) is 3. The van der Waals surface area contributed by atoms with E-state index in [1.165, 1.54) is 180 Å². The second-order valence-corrected chi connectivity index (χ2v) is 18.3. The van der Waals surface area contributed by atoms with Gasteiger partial charge in [0.2, 0.25) is 5.91 Å². The number of ether oxygens (including phenoxy) is 1. The fourth-order valence-corrected chi connectivity index (χ4v) is 8.19. The van der Waals surface area contributed by atoms with Gasteiger partial charge in [-0.3, -0.25) is 9.59 Å². The van der Waals surface area contributed by atoms with Gasteiger partial charge in [-0.2, -0.15) is 0 Å². The van der Waals surface area contributed by atoms with Crippen molar-refractivity contribution >= 4 is 11.9 Å². The van der Waals surface area contributed by atoms with Crippen LogP contribution in [0.1, 0.15) is 284 Å². The standard InChI is InChI=1S/C54H103NO5/c1-4-7-10-13-16-19-22-25-26-27-28-29-32-35-38-41-44-47-54(59)60-50(45-42-39-36-33-30-23-20-17-14-11-8-5-2)48-53(58)55-51(49-56)52(57)46-43-40-37-34-31-24-21-18-15-12-9-6-3/h25-26,33,36,50-52,56-57H,4-24,27-32,34-35,37-49H2,1-3H3,(H,55,58)/b26-25+,36-33-. The van der Waals surface area contributed by atoms with E-state index in [9.17, 15) is 19.8 Å². The lowest BCUT2D eigenvalue weighted by Gasteiger charge is -2.24. The summed E-state index contributed by atoms with van der Waals surface area (Å²) in [7, 11) is 0. The third kappa shape index (κ3) is 43.0. The van der Waals surface area contributed by atoms with Crippen molar-refractivity contribution in [3.05, 3.63) is 24.3 Å². The molecule has 0 heterocycles. The van der Waals surface area contributed by atoms with E-state index >= 15 is 0 Å². The minimum Gasteiger partial charge on any atom is -0.462 e. The number of unbranched alkanes of at least 4 members (excludes halogenated alkanes) is 32. The van der Waals surface area contributed by atoms with Crippen LogP contribution in [0.4, 0.5) is 0 Å². The van der Waals surface area contributed by atoms with Crippen LogP contribution >= 0.6 is 0 Å². The van der Waals surface area contributed by atoms with Gasteiger partial charge in [-0.25, -0.2) is 0 Å². The zero-order valence-electron chi connectivity index (χ0n) is 40.4. The molecule has 0 aromatic rings. The van der Waals surface area contributed by atoms with Crippen LogP contribution in [-0.4, -0.2) is 46.9 Å². The highest BCUT2D eigenvalue weighted by Crippen LogP contribution is 2.17. The molecule has 0 spiro atoms. The summed E-state index contributed by atoms with van der Waals surface area (Å²) in [5, 5.41) is 23.7. The molecule has 3 N–H and O–H groups in total. The lowest BCUT2D eigenvalue weighted by Crippen LogP contribution is -2.46. The van der Waals surface area contributed by atoms with Gasteiger partial charge in [0.15, 0.2) is 0 Å². The van der Waals surface area contributed by atoms with Crippen molar-refractivity contribution in [3.63, 3.8) is 0 Å². The molecule has 0 aromatic carbocycles. The number of nitrogens with one attached hydrogen (secondary N) is 1. The van der Waals surface area contributed by atoms with Crippen LogP contribution in [0.25, 0.3) is 0 Å². The first-order chi connectivity index (χ1) is 29.5. The fraction of sp³-hybridized carbons (Fsp3) is 0.889. The maximum Gasteiger partial charge on any atom is 0.306 e. The number of rotatable bonds is 48. The van der Waals surface area contributed by atoms with Crippen LogP contribution in [0.15, 0.2) is 24.3 Å². The normalized spacial score (nSPS) is 13.3. The lowest BCUT2D eigenvalue weighted by molar-refractivity contribution is -0.151. The van der Waals surface area contributed by atoms with E-state index in [-0.39, 0.29) is 24.9 Å². The summed E-state index contributed by atoms with van der Waals surface area (Å²) in [6.45, 7) is 6.48. The summed E-state index contributed by atoms with van der Waals surface area (Å²) in [5.41, 5.74) is 0. The number of hydrogen-bond acceptors (Lipinski definition) is 5. The summed E-state index contributed by atoms with van der Waals surface area (Å²) in [6.07, 6.45) is 55.3. The maximum absolute atomic E-state index is 13.2. The topological polar surface area (TPSA) is 95.9 Å². The number of carbonyl (C=O) groups is 2. The molecule has 3 unspecified atom stereocenters. The first kappa shape index (κ1) is 58.3. The Morgan fingerprint density at radius 2 is 0.817 bits per heavy atom. The first-order valence-corrected chi connectivity index (χ1v) is 26.6.